The van der Waals surface area contributed by atoms with E-state index < -0.39 is 0 Å². The number of piperidine rings is 1. The second-order valence-electron chi connectivity index (χ2n) is 4.22. The lowest BCUT2D eigenvalue weighted by molar-refractivity contribution is -0.130. The van der Waals surface area contributed by atoms with Gasteiger partial charge in [0.1, 0.15) is 0 Å². The summed E-state index contributed by atoms with van der Waals surface area (Å²) >= 11 is 0. The van der Waals surface area contributed by atoms with Gasteiger partial charge >= 0.3 is 0 Å². The van der Waals surface area contributed by atoms with Crippen molar-refractivity contribution in [1.82, 2.24) is 10.2 Å². The van der Waals surface area contributed by atoms with E-state index in [-0.39, 0.29) is 5.91 Å². The molecule has 1 aliphatic rings. The lowest BCUT2D eigenvalue weighted by Gasteiger charge is -2.29. The van der Waals surface area contributed by atoms with Crippen molar-refractivity contribution in [3.8, 4) is 0 Å². The van der Waals surface area contributed by atoms with Gasteiger partial charge in [0.05, 0.1) is 0 Å². The van der Waals surface area contributed by atoms with Gasteiger partial charge in [-0.3, -0.25) is 4.79 Å². The molecule has 1 amide bonds. The van der Waals surface area contributed by atoms with Crippen molar-refractivity contribution in [3.05, 3.63) is 0 Å². The highest BCUT2D eigenvalue weighted by Gasteiger charge is 2.23. The minimum atomic E-state index is 0.263. The van der Waals surface area contributed by atoms with Crippen LogP contribution in [0.2, 0.25) is 0 Å². The topological polar surface area (TPSA) is 32.3 Å². The maximum absolute atomic E-state index is 11.5. The average molecular weight is 184 g/mol. The van der Waals surface area contributed by atoms with E-state index in [1.54, 1.807) is 4.90 Å². The molecule has 0 saturated carbocycles. The Morgan fingerprint density at radius 3 is 2.77 bits per heavy atom. The minimum Gasteiger partial charge on any atom is -0.349 e. The molecular formula is C10H20N2O. The normalized spacial score (nSPS) is 28.5. The van der Waals surface area contributed by atoms with E-state index in [9.17, 15) is 4.79 Å². The Labute approximate surface area is 80.5 Å². The van der Waals surface area contributed by atoms with Crippen molar-refractivity contribution >= 4 is 5.91 Å². The van der Waals surface area contributed by atoms with E-state index in [0.29, 0.717) is 11.8 Å². The van der Waals surface area contributed by atoms with Crippen LogP contribution in [-0.4, -0.2) is 38.0 Å². The third kappa shape index (κ3) is 2.99. The molecular weight excluding hydrogens is 164 g/mol. The van der Waals surface area contributed by atoms with Gasteiger partial charge in [-0.25, -0.2) is 0 Å². The molecule has 0 aromatic heterocycles. The van der Waals surface area contributed by atoms with Crippen molar-refractivity contribution in [2.75, 3.05) is 27.2 Å². The Morgan fingerprint density at radius 2 is 2.23 bits per heavy atom. The van der Waals surface area contributed by atoms with E-state index >= 15 is 0 Å². The van der Waals surface area contributed by atoms with Crippen LogP contribution in [0.25, 0.3) is 0 Å². The lowest BCUT2D eigenvalue weighted by Crippen LogP contribution is -2.37. The summed E-state index contributed by atoms with van der Waals surface area (Å²) in [5, 5.41) is 3.34. The molecule has 0 aromatic rings. The summed E-state index contributed by atoms with van der Waals surface area (Å²) in [7, 11) is 3.65. The van der Waals surface area contributed by atoms with Crippen LogP contribution >= 0.6 is 0 Å². The summed E-state index contributed by atoms with van der Waals surface area (Å²) in [6.45, 7) is 4.35. The number of rotatable bonds is 2. The number of carbonyl (C=O) groups excluding carboxylic acids is 1. The molecule has 0 unspecified atom stereocenters. The fourth-order valence-corrected chi connectivity index (χ4v) is 1.78. The molecule has 2 atom stereocenters. The van der Waals surface area contributed by atoms with E-state index in [0.717, 1.165) is 25.9 Å². The monoisotopic (exact) mass is 184 g/mol. The van der Waals surface area contributed by atoms with Crippen LogP contribution in [-0.2, 0) is 4.79 Å². The number of nitrogens with one attached hydrogen (secondary N) is 1. The molecule has 0 radical (unpaired) electrons. The van der Waals surface area contributed by atoms with Crippen molar-refractivity contribution in [1.29, 1.82) is 0 Å². The molecule has 0 bridgehead atoms. The molecule has 1 fully saturated rings. The summed E-state index contributed by atoms with van der Waals surface area (Å²) < 4.78 is 0. The Bertz CT molecular complexity index is 180. The van der Waals surface area contributed by atoms with Gasteiger partial charge in [0, 0.05) is 20.5 Å². The van der Waals surface area contributed by atoms with Crippen LogP contribution in [0.15, 0.2) is 0 Å². The van der Waals surface area contributed by atoms with Crippen LogP contribution in [0.5, 0.6) is 0 Å². The Balaban J connectivity index is 2.38. The third-order valence-corrected chi connectivity index (χ3v) is 2.90. The zero-order valence-corrected chi connectivity index (χ0v) is 8.84. The molecule has 3 nitrogen and oxygen atoms in total. The quantitative estimate of drug-likeness (QED) is 0.685. The second kappa shape index (κ2) is 4.61. The second-order valence-corrected chi connectivity index (χ2v) is 4.22. The Kier molecular flexibility index (Phi) is 3.72. The SMILES string of the molecule is C[C@@H]1CNCC[C@H]1CC(=O)N(C)C. The molecule has 13 heavy (non-hydrogen) atoms. The Hall–Kier alpha value is -0.570. The Morgan fingerprint density at radius 1 is 1.54 bits per heavy atom. The van der Waals surface area contributed by atoms with Crippen LogP contribution in [0.4, 0.5) is 0 Å². The number of carbonyl (C=O) groups is 1. The molecule has 1 N–H and O–H groups in total. The summed E-state index contributed by atoms with van der Waals surface area (Å²) in [6.07, 6.45) is 1.86. The highest BCUT2D eigenvalue weighted by molar-refractivity contribution is 5.75. The van der Waals surface area contributed by atoms with Crippen molar-refractivity contribution in [3.63, 3.8) is 0 Å². The lowest BCUT2D eigenvalue weighted by atomic mass is 9.85. The van der Waals surface area contributed by atoms with Gasteiger partial charge in [-0.2, -0.15) is 0 Å². The van der Waals surface area contributed by atoms with Crippen LogP contribution in [0.1, 0.15) is 19.8 Å². The first-order valence-electron chi connectivity index (χ1n) is 5.02. The highest BCUT2D eigenvalue weighted by atomic mass is 16.2. The zero-order valence-electron chi connectivity index (χ0n) is 8.84. The molecule has 1 rings (SSSR count). The third-order valence-electron chi connectivity index (χ3n) is 2.90. The summed E-state index contributed by atoms with van der Waals surface area (Å²) in [6, 6.07) is 0. The zero-order chi connectivity index (χ0) is 9.84. The minimum absolute atomic E-state index is 0.263. The molecule has 0 aliphatic carbocycles. The first kappa shape index (κ1) is 10.5. The highest BCUT2D eigenvalue weighted by Crippen LogP contribution is 2.22. The molecule has 1 aliphatic heterocycles. The van der Waals surface area contributed by atoms with E-state index in [1.165, 1.54) is 0 Å². The van der Waals surface area contributed by atoms with Gasteiger partial charge < -0.3 is 10.2 Å². The molecule has 1 saturated heterocycles. The summed E-state index contributed by atoms with van der Waals surface area (Å²) in [5.74, 6) is 1.48. The van der Waals surface area contributed by atoms with Gasteiger partial charge in [0.25, 0.3) is 0 Å². The van der Waals surface area contributed by atoms with Gasteiger partial charge in [-0.05, 0) is 31.3 Å². The van der Waals surface area contributed by atoms with Crippen molar-refractivity contribution < 1.29 is 4.79 Å². The number of nitrogens with zero attached hydrogens (tertiary/aromatic N) is 1. The van der Waals surface area contributed by atoms with Gasteiger partial charge in [-0.1, -0.05) is 6.92 Å². The molecule has 0 aromatic carbocycles. The van der Waals surface area contributed by atoms with Gasteiger partial charge in [0.2, 0.25) is 5.91 Å². The maximum Gasteiger partial charge on any atom is 0.222 e. The number of hydrogen-bond donors (Lipinski definition) is 1. The molecule has 1 heterocycles. The predicted octanol–water partition coefficient (Wildman–Crippen LogP) is 0.710. The maximum atomic E-state index is 11.5. The molecule has 76 valence electrons. The fourth-order valence-electron chi connectivity index (χ4n) is 1.78. The fraction of sp³-hybridized carbons (Fsp3) is 0.900. The van der Waals surface area contributed by atoms with Gasteiger partial charge in [0.15, 0.2) is 0 Å². The van der Waals surface area contributed by atoms with E-state index in [2.05, 4.69) is 12.2 Å². The van der Waals surface area contributed by atoms with Crippen LogP contribution in [0, 0.1) is 11.8 Å². The predicted molar refractivity (Wildman–Crippen MR) is 53.5 cm³/mol. The van der Waals surface area contributed by atoms with Gasteiger partial charge in [-0.15, -0.1) is 0 Å². The molecule has 0 spiro atoms. The first-order valence-corrected chi connectivity index (χ1v) is 5.02. The largest absolute Gasteiger partial charge is 0.349 e. The van der Waals surface area contributed by atoms with E-state index in [1.807, 2.05) is 14.1 Å². The van der Waals surface area contributed by atoms with Crippen LogP contribution in [0.3, 0.4) is 0 Å². The van der Waals surface area contributed by atoms with E-state index in [4.69, 9.17) is 0 Å². The standard InChI is InChI=1S/C10H20N2O/c1-8-7-11-5-4-9(8)6-10(13)12(2)3/h8-9,11H,4-7H2,1-3H3/t8-,9+/m1/s1. The number of amides is 1. The first-order chi connectivity index (χ1) is 6.11. The molecule has 3 heteroatoms. The summed E-state index contributed by atoms with van der Waals surface area (Å²) in [5.41, 5.74) is 0. The number of hydrogen-bond acceptors (Lipinski definition) is 2. The van der Waals surface area contributed by atoms with Crippen molar-refractivity contribution in [2.24, 2.45) is 11.8 Å². The van der Waals surface area contributed by atoms with Crippen LogP contribution < -0.4 is 5.32 Å². The smallest absolute Gasteiger partial charge is 0.222 e. The average Bonchev–Trinajstić information content (AvgIpc) is 2.08. The summed E-state index contributed by atoms with van der Waals surface area (Å²) in [4.78, 5) is 13.2. The van der Waals surface area contributed by atoms with Crippen molar-refractivity contribution in [2.45, 2.75) is 19.8 Å².